The van der Waals surface area contributed by atoms with E-state index in [2.05, 4.69) is 28.6 Å². The number of nitrogens with one attached hydrogen (secondary N) is 1. The molecule has 0 aromatic rings. The zero-order chi connectivity index (χ0) is 11.7. The van der Waals surface area contributed by atoms with Crippen LogP contribution in [0.15, 0.2) is 42.1 Å². The average Bonchev–Trinajstić information content (AvgIpc) is 2.23. The van der Waals surface area contributed by atoms with E-state index in [1.165, 1.54) is 18.2 Å². The van der Waals surface area contributed by atoms with Gasteiger partial charge in [0, 0.05) is 5.57 Å². The fraction of sp³-hybridized carbons (Fsp3) is 0.111. The minimum Gasteiger partial charge on any atom is -0.384 e. The lowest BCUT2D eigenvalue weighted by molar-refractivity contribution is -0.227. The molecule has 0 bridgehead atoms. The molecule has 6 nitrogen and oxygen atoms in total. The van der Waals surface area contributed by atoms with Crippen molar-refractivity contribution in [2.45, 2.75) is 0 Å². The Labute approximate surface area is 87.3 Å². The van der Waals surface area contributed by atoms with Crippen molar-refractivity contribution >= 4 is 11.7 Å². The molecule has 1 amide bonds. The molecule has 0 aliphatic heterocycles. The van der Waals surface area contributed by atoms with Crippen molar-refractivity contribution in [3.05, 3.63) is 37.0 Å². The monoisotopic (exact) mass is 211 g/mol. The summed E-state index contributed by atoms with van der Waals surface area (Å²) >= 11 is 0. The number of nitrogens with two attached hydrogens (primary N) is 1. The van der Waals surface area contributed by atoms with Crippen molar-refractivity contribution in [2.75, 3.05) is 6.61 Å². The first-order chi connectivity index (χ1) is 7.15. The fourth-order valence-electron chi connectivity index (χ4n) is 0.649. The molecule has 15 heavy (non-hydrogen) atoms. The first kappa shape index (κ1) is 13.1. The number of hydrogen-bond acceptors (Lipinski definition) is 4. The van der Waals surface area contributed by atoms with Gasteiger partial charge in [0.05, 0.1) is 0 Å². The number of rotatable bonds is 6. The molecule has 0 saturated carbocycles. The lowest BCUT2D eigenvalue weighted by Gasteiger charge is -2.00. The van der Waals surface area contributed by atoms with Crippen molar-refractivity contribution in [1.29, 1.82) is 0 Å². The molecule has 6 heteroatoms. The van der Waals surface area contributed by atoms with Gasteiger partial charge in [-0.2, -0.15) is 5.10 Å². The minimum absolute atomic E-state index is 0.0622. The van der Waals surface area contributed by atoms with Crippen LogP contribution in [0.25, 0.3) is 0 Å². The van der Waals surface area contributed by atoms with E-state index in [9.17, 15) is 4.79 Å². The van der Waals surface area contributed by atoms with Crippen LogP contribution < -0.4 is 11.2 Å². The Morgan fingerprint density at radius 3 is 2.73 bits per heavy atom. The van der Waals surface area contributed by atoms with Crippen LogP contribution in [0.2, 0.25) is 0 Å². The number of carbonyl (C=O) groups is 1. The van der Waals surface area contributed by atoms with Crippen molar-refractivity contribution in [3.63, 3.8) is 0 Å². The van der Waals surface area contributed by atoms with Crippen LogP contribution in [0.5, 0.6) is 0 Å². The summed E-state index contributed by atoms with van der Waals surface area (Å²) in [4.78, 5) is 15.0. The summed E-state index contributed by atoms with van der Waals surface area (Å²) in [5.74, 6) is -0.543. The number of nitrogens with zero attached hydrogens (tertiary/aromatic N) is 1. The van der Waals surface area contributed by atoms with Crippen LogP contribution in [-0.4, -0.2) is 23.6 Å². The van der Waals surface area contributed by atoms with E-state index in [1.807, 2.05) is 0 Å². The van der Waals surface area contributed by atoms with Crippen LogP contribution in [-0.2, 0) is 9.68 Å². The smallest absolute Gasteiger partial charge is 0.271 e. The van der Waals surface area contributed by atoms with Gasteiger partial charge in [-0.15, -0.1) is 0 Å². The van der Waals surface area contributed by atoms with E-state index in [-0.39, 0.29) is 12.4 Å². The Balaban J connectivity index is 4.36. The van der Waals surface area contributed by atoms with Crippen LogP contribution in [0, 0.1) is 0 Å². The largest absolute Gasteiger partial charge is 0.384 e. The van der Waals surface area contributed by atoms with Gasteiger partial charge in [0.25, 0.3) is 5.91 Å². The van der Waals surface area contributed by atoms with Gasteiger partial charge in [-0.05, 0) is 0 Å². The van der Waals surface area contributed by atoms with Gasteiger partial charge >= 0.3 is 0 Å². The maximum Gasteiger partial charge on any atom is 0.271 e. The van der Waals surface area contributed by atoms with E-state index >= 15 is 0 Å². The number of hydrazone groups is 1. The summed E-state index contributed by atoms with van der Waals surface area (Å²) in [6, 6.07) is 0. The van der Waals surface area contributed by atoms with E-state index in [1.54, 1.807) is 0 Å². The maximum atomic E-state index is 11.3. The van der Waals surface area contributed by atoms with Crippen LogP contribution in [0.4, 0.5) is 0 Å². The Morgan fingerprint density at radius 2 is 2.27 bits per heavy atom. The normalized spacial score (nSPS) is 12.1. The highest BCUT2D eigenvalue weighted by Crippen LogP contribution is 1.95. The van der Waals surface area contributed by atoms with E-state index < -0.39 is 5.91 Å². The Morgan fingerprint density at radius 1 is 1.60 bits per heavy atom. The molecule has 0 unspecified atom stereocenters. The molecule has 0 aromatic carbocycles. The first-order valence-electron chi connectivity index (χ1n) is 3.99. The zero-order valence-corrected chi connectivity index (χ0v) is 8.14. The number of hydrogen-bond donors (Lipinski definition) is 3. The molecular formula is C9H13N3O3. The quantitative estimate of drug-likeness (QED) is 0.146. The average molecular weight is 211 g/mol. The Hall–Kier alpha value is -1.92. The number of amidine groups is 1. The van der Waals surface area contributed by atoms with Crippen LogP contribution >= 0.6 is 0 Å². The number of amides is 1. The topological polar surface area (TPSA) is 96.9 Å². The van der Waals surface area contributed by atoms with Gasteiger partial charge in [0.15, 0.2) is 0 Å². The third kappa shape index (κ3) is 5.40. The molecule has 0 spiro atoms. The molecule has 0 radical (unpaired) electrons. The summed E-state index contributed by atoms with van der Waals surface area (Å²) in [5, 5.41) is 11.5. The number of allylic oxidation sites excluding steroid dienone is 2. The molecule has 0 aliphatic carbocycles. The van der Waals surface area contributed by atoms with Crippen molar-refractivity contribution < 1.29 is 14.9 Å². The predicted molar refractivity (Wildman–Crippen MR) is 56.8 cm³/mol. The summed E-state index contributed by atoms with van der Waals surface area (Å²) in [6.07, 6.45) is 4.27. The highest BCUT2D eigenvalue weighted by atomic mass is 17.1. The second-order valence-corrected chi connectivity index (χ2v) is 2.38. The SMILES string of the molecule is C=C/C=C(\C=C)C(=O)N/N=C(\N)COO. The molecule has 0 aliphatic rings. The van der Waals surface area contributed by atoms with E-state index in [0.29, 0.717) is 5.57 Å². The highest BCUT2D eigenvalue weighted by molar-refractivity contribution is 5.97. The van der Waals surface area contributed by atoms with Gasteiger partial charge in [-0.1, -0.05) is 31.4 Å². The molecule has 0 rings (SSSR count). The van der Waals surface area contributed by atoms with Crippen LogP contribution in [0.1, 0.15) is 0 Å². The molecule has 0 saturated heterocycles. The third-order valence-corrected chi connectivity index (χ3v) is 1.29. The second kappa shape index (κ2) is 7.48. The number of carbonyl (C=O) groups excluding carboxylic acids is 1. The summed E-state index contributed by atoms with van der Waals surface area (Å²) < 4.78 is 0. The Kier molecular flexibility index (Phi) is 6.52. The molecular weight excluding hydrogens is 198 g/mol. The second-order valence-electron chi connectivity index (χ2n) is 2.38. The molecule has 0 atom stereocenters. The third-order valence-electron chi connectivity index (χ3n) is 1.29. The van der Waals surface area contributed by atoms with E-state index in [0.717, 1.165) is 0 Å². The van der Waals surface area contributed by atoms with Crippen molar-refractivity contribution in [3.8, 4) is 0 Å². The van der Waals surface area contributed by atoms with Crippen molar-refractivity contribution in [2.24, 2.45) is 10.8 Å². The molecule has 0 aromatic heterocycles. The van der Waals surface area contributed by atoms with E-state index in [4.69, 9.17) is 11.0 Å². The highest BCUT2D eigenvalue weighted by Gasteiger charge is 2.03. The lowest BCUT2D eigenvalue weighted by atomic mass is 10.2. The summed E-state index contributed by atoms with van der Waals surface area (Å²) in [6.45, 7) is 6.60. The predicted octanol–water partition coefficient (Wildman–Crippen LogP) is 0.163. The fourth-order valence-corrected chi connectivity index (χ4v) is 0.649. The Bertz CT molecular complexity index is 308. The molecule has 0 heterocycles. The van der Waals surface area contributed by atoms with Gasteiger partial charge in [-0.3, -0.25) is 10.1 Å². The minimum atomic E-state index is -0.481. The van der Waals surface area contributed by atoms with Crippen LogP contribution in [0.3, 0.4) is 0 Å². The zero-order valence-electron chi connectivity index (χ0n) is 8.14. The summed E-state index contributed by atoms with van der Waals surface area (Å²) in [7, 11) is 0. The van der Waals surface area contributed by atoms with Gasteiger partial charge in [0.2, 0.25) is 0 Å². The standard InChI is InChI=1S/C9H13N3O3/c1-3-5-7(4-2)9(13)12-11-8(10)6-15-14/h3-5,14H,1-2,6H2,(H2,10,11)(H,12,13)/b7-5+. The summed E-state index contributed by atoms with van der Waals surface area (Å²) in [5.41, 5.74) is 7.68. The molecule has 4 N–H and O–H groups in total. The van der Waals surface area contributed by atoms with Gasteiger partial charge < -0.3 is 5.73 Å². The van der Waals surface area contributed by atoms with Gasteiger partial charge in [-0.25, -0.2) is 10.3 Å². The molecule has 82 valence electrons. The maximum absolute atomic E-state index is 11.3. The molecule has 0 fully saturated rings. The lowest BCUT2D eigenvalue weighted by Crippen LogP contribution is -2.26. The van der Waals surface area contributed by atoms with Crippen molar-refractivity contribution in [1.82, 2.24) is 5.43 Å². The van der Waals surface area contributed by atoms with Gasteiger partial charge in [0.1, 0.15) is 12.4 Å². The first-order valence-corrected chi connectivity index (χ1v) is 3.99.